The van der Waals surface area contributed by atoms with Gasteiger partial charge in [0, 0.05) is 11.1 Å². The Bertz CT molecular complexity index is 637. The van der Waals surface area contributed by atoms with Gasteiger partial charge in [-0.05, 0) is 29.2 Å². The minimum absolute atomic E-state index is 0.00353. The molecule has 20 heavy (non-hydrogen) atoms. The number of carbonyl (C=O) groups is 1. The molecule has 2 rings (SSSR count). The van der Waals surface area contributed by atoms with Gasteiger partial charge in [-0.3, -0.25) is 4.79 Å². The van der Waals surface area contributed by atoms with Crippen LogP contribution in [0.25, 0.3) is 0 Å². The van der Waals surface area contributed by atoms with Gasteiger partial charge in [0.05, 0.1) is 0 Å². The highest BCUT2D eigenvalue weighted by atomic mass is 19.2. The van der Waals surface area contributed by atoms with E-state index in [0.29, 0.717) is 5.56 Å². The molecule has 0 bridgehead atoms. The van der Waals surface area contributed by atoms with Crippen LogP contribution in [0.1, 0.15) is 42.3 Å². The monoisotopic (exact) mass is 274 g/mol. The van der Waals surface area contributed by atoms with Crippen LogP contribution in [0.5, 0.6) is 0 Å². The van der Waals surface area contributed by atoms with E-state index in [9.17, 15) is 13.6 Å². The highest BCUT2D eigenvalue weighted by Gasteiger charge is 2.15. The first-order valence-electron chi connectivity index (χ1n) is 6.39. The quantitative estimate of drug-likeness (QED) is 0.737. The Labute approximate surface area is 117 Å². The second-order valence-corrected chi connectivity index (χ2v) is 5.79. The van der Waals surface area contributed by atoms with Gasteiger partial charge in [-0.1, -0.05) is 45.0 Å². The molecule has 0 aliphatic heterocycles. The molecule has 0 saturated carbocycles. The summed E-state index contributed by atoms with van der Waals surface area (Å²) in [4.78, 5) is 12.2. The van der Waals surface area contributed by atoms with Gasteiger partial charge in [0.25, 0.3) is 0 Å². The SMILES string of the molecule is CC(C)(C)c1ccc(C(=O)c2ccc(F)c(F)c2)cc1. The van der Waals surface area contributed by atoms with Gasteiger partial charge < -0.3 is 0 Å². The zero-order chi connectivity index (χ0) is 14.9. The molecule has 0 spiro atoms. The summed E-state index contributed by atoms with van der Waals surface area (Å²) in [5.74, 6) is -2.28. The van der Waals surface area contributed by atoms with Crippen LogP contribution in [0.15, 0.2) is 42.5 Å². The van der Waals surface area contributed by atoms with E-state index in [0.717, 1.165) is 17.7 Å². The number of halogens is 2. The fraction of sp³-hybridized carbons (Fsp3) is 0.235. The van der Waals surface area contributed by atoms with Crippen LogP contribution in [0.4, 0.5) is 8.78 Å². The van der Waals surface area contributed by atoms with Gasteiger partial charge in [0.1, 0.15) is 0 Å². The molecule has 0 N–H and O–H groups in total. The molecule has 0 aliphatic carbocycles. The number of rotatable bonds is 2. The van der Waals surface area contributed by atoms with Crippen LogP contribution >= 0.6 is 0 Å². The van der Waals surface area contributed by atoms with Crippen LogP contribution in [0, 0.1) is 11.6 Å². The predicted molar refractivity (Wildman–Crippen MR) is 74.9 cm³/mol. The molecule has 3 heteroatoms. The van der Waals surface area contributed by atoms with Crippen LogP contribution in [0.2, 0.25) is 0 Å². The third kappa shape index (κ3) is 2.93. The number of benzene rings is 2. The summed E-state index contributed by atoms with van der Waals surface area (Å²) >= 11 is 0. The second kappa shape index (κ2) is 5.16. The van der Waals surface area contributed by atoms with Crippen molar-refractivity contribution in [1.29, 1.82) is 0 Å². The molecular weight excluding hydrogens is 258 g/mol. The number of carbonyl (C=O) groups excluding carboxylic acids is 1. The van der Waals surface area contributed by atoms with Crippen molar-refractivity contribution in [3.8, 4) is 0 Å². The molecule has 0 amide bonds. The van der Waals surface area contributed by atoms with E-state index >= 15 is 0 Å². The van der Waals surface area contributed by atoms with Gasteiger partial charge in [-0.25, -0.2) is 8.78 Å². The first-order chi connectivity index (χ1) is 9.29. The zero-order valence-electron chi connectivity index (χ0n) is 11.7. The van der Waals surface area contributed by atoms with E-state index in [1.165, 1.54) is 6.07 Å². The fourth-order valence-corrected chi connectivity index (χ4v) is 1.93. The van der Waals surface area contributed by atoms with Crippen molar-refractivity contribution in [1.82, 2.24) is 0 Å². The van der Waals surface area contributed by atoms with Crippen LogP contribution < -0.4 is 0 Å². The van der Waals surface area contributed by atoms with E-state index in [-0.39, 0.29) is 16.8 Å². The summed E-state index contributed by atoms with van der Waals surface area (Å²) in [5.41, 5.74) is 1.72. The lowest BCUT2D eigenvalue weighted by Gasteiger charge is -2.19. The molecule has 0 unspecified atom stereocenters. The molecule has 2 aromatic rings. The standard InChI is InChI=1S/C17H16F2O/c1-17(2,3)13-7-4-11(5-8-13)16(20)12-6-9-14(18)15(19)10-12/h4-10H,1-3H3. The Kier molecular flexibility index (Phi) is 3.71. The topological polar surface area (TPSA) is 17.1 Å². The maximum atomic E-state index is 13.1. The molecule has 0 fully saturated rings. The maximum absolute atomic E-state index is 13.1. The van der Waals surface area contributed by atoms with E-state index in [1.54, 1.807) is 12.1 Å². The Hall–Kier alpha value is -2.03. The summed E-state index contributed by atoms with van der Waals surface area (Å²) in [5, 5.41) is 0. The van der Waals surface area contributed by atoms with Gasteiger partial charge >= 0.3 is 0 Å². The highest BCUT2D eigenvalue weighted by Crippen LogP contribution is 2.23. The molecular formula is C17H16F2O. The Morgan fingerprint density at radius 3 is 1.90 bits per heavy atom. The zero-order valence-corrected chi connectivity index (χ0v) is 11.7. The normalized spacial score (nSPS) is 11.4. The van der Waals surface area contributed by atoms with E-state index in [2.05, 4.69) is 20.8 Å². The number of hydrogen-bond acceptors (Lipinski definition) is 1. The van der Waals surface area contributed by atoms with Crippen molar-refractivity contribution < 1.29 is 13.6 Å². The first-order valence-corrected chi connectivity index (χ1v) is 6.39. The Balaban J connectivity index is 2.31. The largest absolute Gasteiger partial charge is 0.289 e. The van der Waals surface area contributed by atoms with Gasteiger partial charge in [0.15, 0.2) is 17.4 Å². The average Bonchev–Trinajstić information content (AvgIpc) is 2.40. The maximum Gasteiger partial charge on any atom is 0.193 e. The minimum Gasteiger partial charge on any atom is -0.289 e. The lowest BCUT2D eigenvalue weighted by atomic mass is 9.86. The lowest BCUT2D eigenvalue weighted by molar-refractivity contribution is 0.103. The average molecular weight is 274 g/mol. The van der Waals surface area contributed by atoms with Crippen molar-refractivity contribution in [3.63, 3.8) is 0 Å². The Morgan fingerprint density at radius 1 is 0.850 bits per heavy atom. The molecule has 1 nitrogen and oxygen atoms in total. The molecule has 104 valence electrons. The summed E-state index contributed by atoms with van der Waals surface area (Å²) in [6.45, 7) is 6.25. The second-order valence-electron chi connectivity index (χ2n) is 5.79. The lowest BCUT2D eigenvalue weighted by Crippen LogP contribution is -2.11. The fourth-order valence-electron chi connectivity index (χ4n) is 1.93. The van der Waals surface area contributed by atoms with Crippen molar-refractivity contribution in [2.24, 2.45) is 0 Å². The molecule has 0 aromatic heterocycles. The summed E-state index contributed by atoms with van der Waals surface area (Å²) < 4.78 is 26.0. The third-order valence-corrected chi connectivity index (χ3v) is 3.19. The van der Waals surface area contributed by atoms with E-state index < -0.39 is 11.6 Å². The molecule has 0 aliphatic rings. The number of ketones is 1. The summed E-state index contributed by atoms with van der Waals surface area (Å²) in [6, 6.07) is 10.4. The Morgan fingerprint density at radius 2 is 1.40 bits per heavy atom. The highest BCUT2D eigenvalue weighted by molar-refractivity contribution is 6.08. The van der Waals surface area contributed by atoms with Gasteiger partial charge in [0.2, 0.25) is 0 Å². The molecule has 0 heterocycles. The van der Waals surface area contributed by atoms with Crippen LogP contribution in [-0.2, 0) is 5.41 Å². The van der Waals surface area contributed by atoms with Crippen molar-refractivity contribution in [2.75, 3.05) is 0 Å². The van der Waals surface area contributed by atoms with Crippen molar-refractivity contribution in [3.05, 3.63) is 70.8 Å². The van der Waals surface area contributed by atoms with Crippen molar-refractivity contribution in [2.45, 2.75) is 26.2 Å². The molecule has 0 saturated heterocycles. The van der Waals surface area contributed by atoms with Gasteiger partial charge in [-0.2, -0.15) is 0 Å². The van der Waals surface area contributed by atoms with Crippen LogP contribution in [0.3, 0.4) is 0 Å². The van der Waals surface area contributed by atoms with E-state index in [4.69, 9.17) is 0 Å². The first kappa shape index (κ1) is 14.4. The summed E-state index contributed by atoms with van der Waals surface area (Å²) in [6.07, 6.45) is 0. The van der Waals surface area contributed by atoms with Crippen molar-refractivity contribution >= 4 is 5.78 Å². The molecule has 2 aromatic carbocycles. The predicted octanol–water partition coefficient (Wildman–Crippen LogP) is 4.49. The smallest absolute Gasteiger partial charge is 0.193 e. The van der Waals surface area contributed by atoms with E-state index in [1.807, 2.05) is 12.1 Å². The molecule has 0 radical (unpaired) electrons. The molecule has 0 atom stereocenters. The van der Waals surface area contributed by atoms with Gasteiger partial charge in [-0.15, -0.1) is 0 Å². The third-order valence-electron chi connectivity index (χ3n) is 3.19. The van der Waals surface area contributed by atoms with Crippen LogP contribution in [-0.4, -0.2) is 5.78 Å². The summed E-state index contributed by atoms with van der Waals surface area (Å²) in [7, 11) is 0. The number of hydrogen-bond donors (Lipinski definition) is 0. The minimum atomic E-state index is -1.01.